The molecule has 0 heterocycles. The third-order valence-corrected chi connectivity index (χ3v) is 3.10. The zero-order chi connectivity index (χ0) is 14.0. The number of amides is 1. The predicted octanol–water partition coefficient (Wildman–Crippen LogP) is 1.93. The number of nitrogens with two attached hydrogens (primary N) is 1. The topological polar surface area (TPSA) is 64.3 Å². The lowest BCUT2D eigenvalue weighted by molar-refractivity contribution is -0.121. The fraction of sp³-hybridized carbons (Fsp3) is 0.929. The molecule has 1 amide bonds. The highest BCUT2D eigenvalue weighted by Gasteiger charge is 2.14. The molecule has 0 aromatic rings. The molecule has 0 aromatic heterocycles. The Kier molecular flexibility index (Phi) is 9.98. The van der Waals surface area contributed by atoms with Crippen LogP contribution in [0.5, 0.6) is 0 Å². The molecule has 1 atom stereocenters. The second-order valence-electron chi connectivity index (χ2n) is 5.39. The van der Waals surface area contributed by atoms with Crippen LogP contribution in [-0.4, -0.2) is 31.7 Å². The summed E-state index contributed by atoms with van der Waals surface area (Å²) < 4.78 is 5.36. The van der Waals surface area contributed by atoms with Gasteiger partial charge in [0, 0.05) is 13.0 Å². The van der Waals surface area contributed by atoms with Crippen molar-refractivity contribution < 1.29 is 9.53 Å². The summed E-state index contributed by atoms with van der Waals surface area (Å²) in [5.74, 6) is 1.25. The summed E-state index contributed by atoms with van der Waals surface area (Å²) >= 11 is 0. The van der Waals surface area contributed by atoms with E-state index in [2.05, 4.69) is 19.2 Å². The van der Waals surface area contributed by atoms with Crippen molar-refractivity contribution in [3.8, 4) is 0 Å². The molecule has 0 bridgehead atoms. The molecule has 1 unspecified atom stereocenters. The van der Waals surface area contributed by atoms with E-state index in [0.717, 1.165) is 12.8 Å². The van der Waals surface area contributed by atoms with Gasteiger partial charge in [-0.3, -0.25) is 4.79 Å². The molecule has 0 rings (SSSR count). The summed E-state index contributed by atoms with van der Waals surface area (Å²) in [6.07, 6.45) is 2.73. The van der Waals surface area contributed by atoms with Crippen molar-refractivity contribution in [1.82, 2.24) is 5.32 Å². The Balaban J connectivity index is 3.67. The molecule has 4 heteroatoms. The molecular formula is C14H30N2O2. The first-order chi connectivity index (χ1) is 8.47. The molecule has 0 spiro atoms. The molecule has 0 fully saturated rings. The monoisotopic (exact) mass is 258 g/mol. The largest absolute Gasteiger partial charge is 0.377 e. The lowest BCUT2D eigenvalue weighted by Gasteiger charge is -2.19. The smallest absolute Gasteiger partial charge is 0.220 e. The van der Waals surface area contributed by atoms with Crippen molar-refractivity contribution in [2.24, 2.45) is 17.6 Å². The van der Waals surface area contributed by atoms with E-state index in [0.29, 0.717) is 38.0 Å². The van der Waals surface area contributed by atoms with Gasteiger partial charge < -0.3 is 15.8 Å². The van der Waals surface area contributed by atoms with Gasteiger partial charge in [-0.15, -0.1) is 0 Å². The van der Waals surface area contributed by atoms with Crippen molar-refractivity contribution in [1.29, 1.82) is 0 Å². The van der Waals surface area contributed by atoms with Crippen LogP contribution in [0.1, 0.15) is 47.0 Å². The van der Waals surface area contributed by atoms with Crippen LogP contribution in [-0.2, 0) is 9.53 Å². The Labute approximate surface area is 112 Å². The Morgan fingerprint density at radius 1 is 1.22 bits per heavy atom. The zero-order valence-corrected chi connectivity index (χ0v) is 12.4. The van der Waals surface area contributed by atoms with E-state index in [1.165, 1.54) is 0 Å². The van der Waals surface area contributed by atoms with E-state index in [1.807, 2.05) is 13.8 Å². The minimum atomic E-state index is 0.116. The highest BCUT2D eigenvalue weighted by atomic mass is 16.5. The van der Waals surface area contributed by atoms with Crippen molar-refractivity contribution in [3.05, 3.63) is 0 Å². The molecule has 108 valence electrons. The van der Waals surface area contributed by atoms with Gasteiger partial charge >= 0.3 is 0 Å². The number of hydrogen-bond donors (Lipinski definition) is 2. The maximum Gasteiger partial charge on any atom is 0.220 e. The average Bonchev–Trinajstić information content (AvgIpc) is 2.29. The van der Waals surface area contributed by atoms with Gasteiger partial charge in [-0.1, -0.05) is 13.8 Å². The first kappa shape index (κ1) is 17.4. The van der Waals surface area contributed by atoms with Gasteiger partial charge in [0.2, 0.25) is 5.91 Å². The van der Waals surface area contributed by atoms with E-state index in [4.69, 9.17) is 10.5 Å². The van der Waals surface area contributed by atoms with Gasteiger partial charge in [0.1, 0.15) is 0 Å². The van der Waals surface area contributed by atoms with Crippen LogP contribution in [0.3, 0.4) is 0 Å². The van der Waals surface area contributed by atoms with Gasteiger partial charge in [0.25, 0.3) is 0 Å². The molecule has 0 saturated carbocycles. The van der Waals surface area contributed by atoms with Crippen LogP contribution in [0.4, 0.5) is 0 Å². The molecule has 3 N–H and O–H groups in total. The van der Waals surface area contributed by atoms with Crippen LogP contribution >= 0.6 is 0 Å². The van der Waals surface area contributed by atoms with Gasteiger partial charge in [0.15, 0.2) is 0 Å². The van der Waals surface area contributed by atoms with E-state index >= 15 is 0 Å². The fourth-order valence-corrected chi connectivity index (χ4v) is 1.92. The molecule has 0 aliphatic heterocycles. The maximum absolute atomic E-state index is 11.6. The number of ether oxygens (including phenoxy) is 1. The normalized spacial score (nSPS) is 13.1. The Morgan fingerprint density at radius 2 is 1.89 bits per heavy atom. The lowest BCUT2D eigenvalue weighted by Crippen LogP contribution is -2.28. The van der Waals surface area contributed by atoms with Crippen molar-refractivity contribution >= 4 is 5.91 Å². The molecule has 0 saturated heterocycles. The maximum atomic E-state index is 11.6. The van der Waals surface area contributed by atoms with Crippen molar-refractivity contribution in [3.63, 3.8) is 0 Å². The molecular weight excluding hydrogens is 228 g/mol. The van der Waals surface area contributed by atoms with E-state index in [1.54, 1.807) is 0 Å². The fourth-order valence-electron chi connectivity index (χ4n) is 1.92. The average molecular weight is 258 g/mol. The van der Waals surface area contributed by atoms with E-state index in [9.17, 15) is 4.79 Å². The summed E-state index contributed by atoms with van der Waals surface area (Å²) in [5.41, 5.74) is 5.58. The Bertz CT molecular complexity index is 218. The quantitative estimate of drug-likeness (QED) is 0.588. The summed E-state index contributed by atoms with van der Waals surface area (Å²) in [4.78, 5) is 11.6. The number of rotatable bonds is 10. The van der Waals surface area contributed by atoms with Gasteiger partial charge in [-0.25, -0.2) is 0 Å². The van der Waals surface area contributed by atoms with Crippen LogP contribution in [0.15, 0.2) is 0 Å². The third kappa shape index (κ3) is 9.42. The zero-order valence-electron chi connectivity index (χ0n) is 12.4. The highest BCUT2D eigenvalue weighted by Crippen LogP contribution is 2.20. The van der Waals surface area contributed by atoms with Crippen LogP contribution < -0.4 is 11.1 Å². The van der Waals surface area contributed by atoms with E-state index < -0.39 is 0 Å². The lowest BCUT2D eigenvalue weighted by atomic mass is 9.88. The predicted molar refractivity (Wildman–Crippen MR) is 75.3 cm³/mol. The standard InChI is InChI=1S/C14H30N2O2/c1-11(2)13(7-8-15)5-6-14(17)16-9-10-18-12(3)4/h11-13H,5-10,15H2,1-4H3,(H,16,17). The number of nitrogens with one attached hydrogen (secondary N) is 1. The SMILES string of the molecule is CC(C)OCCNC(=O)CCC(CCN)C(C)C. The molecule has 0 aromatic carbocycles. The van der Waals surface area contributed by atoms with Crippen molar-refractivity contribution in [2.45, 2.75) is 53.1 Å². The first-order valence-electron chi connectivity index (χ1n) is 7.05. The Morgan fingerprint density at radius 3 is 2.39 bits per heavy atom. The minimum absolute atomic E-state index is 0.116. The van der Waals surface area contributed by atoms with Crippen LogP contribution in [0.25, 0.3) is 0 Å². The Hall–Kier alpha value is -0.610. The van der Waals surface area contributed by atoms with Crippen molar-refractivity contribution in [2.75, 3.05) is 19.7 Å². The van der Waals surface area contributed by atoms with Crippen LogP contribution in [0.2, 0.25) is 0 Å². The molecule has 4 nitrogen and oxygen atoms in total. The minimum Gasteiger partial charge on any atom is -0.377 e. The van der Waals surface area contributed by atoms with Gasteiger partial charge in [0.05, 0.1) is 12.7 Å². The molecule has 0 aliphatic rings. The number of carbonyl (C=O) groups excluding carboxylic acids is 1. The first-order valence-corrected chi connectivity index (χ1v) is 7.05. The van der Waals surface area contributed by atoms with Gasteiger partial charge in [-0.05, 0) is 45.1 Å². The summed E-state index contributed by atoms with van der Waals surface area (Å²) in [6.45, 7) is 10.2. The van der Waals surface area contributed by atoms with E-state index in [-0.39, 0.29) is 12.0 Å². The third-order valence-electron chi connectivity index (χ3n) is 3.10. The summed E-state index contributed by atoms with van der Waals surface area (Å²) in [6, 6.07) is 0. The highest BCUT2D eigenvalue weighted by molar-refractivity contribution is 5.75. The van der Waals surface area contributed by atoms with Crippen LogP contribution in [0, 0.1) is 11.8 Å². The number of hydrogen-bond acceptors (Lipinski definition) is 3. The number of carbonyl (C=O) groups is 1. The second-order valence-corrected chi connectivity index (χ2v) is 5.39. The molecule has 0 aliphatic carbocycles. The summed E-state index contributed by atoms with van der Waals surface area (Å²) in [5, 5.41) is 2.88. The molecule has 0 radical (unpaired) electrons. The second kappa shape index (κ2) is 10.3. The molecule has 18 heavy (non-hydrogen) atoms. The van der Waals surface area contributed by atoms with Gasteiger partial charge in [-0.2, -0.15) is 0 Å². The summed E-state index contributed by atoms with van der Waals surface area (Å²) in [7, 11) is 0.